The maximum absolute atomic E-state index is 2.51. The third-order valence-electron chi connectivity index (χ3n) is 13.4. The van der Waals surface area contributed by atoms with Gasteiger partial charge in [-0.3, -0.25) is 0 Å². The molecule has 0 amide bonds. The van der Waals surface area contributed by atoms with E-state index in [1.807, 2.05) is 0 Å². The van der Waals surface area contributed by atoms with Crippen LogP contribution in [-0.2, 0) is 5.41 Å². The highest BCUT2D eigenvalue weighted by molar-refractivity contribution is 6.28. The van der Waals surface area contributed by atoms with Crippen LogP contribution in [0.5, 0.6) is 0 Å². The number of aromatic nitrogens is 1. The molecule has 0 saturated heterocycles. The fraction of sp³-hybridized carbons (Fsp3) is 0.0169. The predicted octanol–water partition coefficient (Wildman–Crippen LogP) is 15.4. The Labute approximate surface area is 354 Å². The van der Waals surface area contributed by atoms with E-state index in [0.717, 1.165) is 22.7 Å². The van der Waals surface area contributed by atoms with E-state index >= 15 is 0 Å². The van der Waals surface area contributed by atoms with Gasteiger partial charge in [0.1, 0.15) is 0 Å². The number of nitrogens with zero attached hydrogens (tertiary/aromatic N) is 2. The van der Waals surface area contributed by atoms with Crippen molar-refractivity contribution in [3.8, 4) is 39.1 Å². The average molecular weight is 775 g/mol. The molecule has 61 heavy (non-hydrogen) atoms. The Balaban J connectivity index is 1.09. The second-order valence-electron chi connectivity index (χ2n) is 16.4. The molecule has 11 aromatic rings. The summed E-state index contributed by atoms with van der Waals surface area (Å²) in [5, 5.41) is 5.27. The van der Waals surface area contributed by atoms with Crippen LogP contribution in [-0.4, -0.2) is 4.57 Å². The van der Waals surface area contributed by atoms with Gasteiger partial charge >= 0.3 is 0 Å². The number of para-hydroxylation sites is 2. The van der Waals surface area contributed by atoms with Gasteiger partial charge in [-0.25, -0.2) is 0 Å². The zero-order valence-electron chi connectivity index (χ0n) is 33.3. The van der Waals surface area contributed by atoms with E-state index in [-0.39, 0.29) is 0 Å². The molecule has 0 atom stereocenters. The Morgan fingerprint density at radius 3 is 1.54 bits per heavy atom. The molecular formula is C59H38N2. The van der Waals surface area contributed by atoms with E-state index in [0.29, 0.717) is 0 Å². The summed E-state index contributed by atoms with van der Waals surface area (Å²) in [6.45, 7) is 0. The molecule has 284 valence electrons. The SMILES string of the molecule is c1ccc(-c2cccc(-n3c4cccc5c4c4c6c(ccc(-c7ccc(N(c8ccccc8)c8ccccc8)cc7)c6ccc43)C53c4ccccc4-c4ccccc43)c2)cc1. The lowest BCUT2D eigenvalue weighted by atomic mass is 9.63. The first-order valence-corrected chi connectivity index (χ1v) is 21.2. The van der Waals surface area contributed by atoms with Crippen LogP contribution >= 0.6 is 0 Å². The molecule has 13 rings (SSSR count). The lowest BCUT2D eigenvalue weighted by Gasteiger charge is -2.38. The molecule has 0 N–H and O–H groups in total. The first-order chi connectivity index (χ1) is 30.3. The Kier molecular flexibility index (Phi) is 7.26. The Morgan fingerprint density at radius 1 is 0.311 bits per heavy atom. The van der Waals surface area contributed by atoms with Gasteiger partial charge in [0.25, 0.3) is 0 Å². The maximum atomic E-state index is 2.51. The fourth-order valence-corrected chi connectivity index (χ4v) is 11.0. The van der Waals surface area contributed by atoms with Gasteiger partial charge in [-0.15, -0.1) is 0 Å². The van der Waals surface area contributed by atoms with Crippen LogP contribution in [0.15, 0.2) is 231 Å². The second-order valence-corrected chi connectivity index (χ2v) is 16.4. The smallest absolute Gasteiger partial charge is 0.0726 e. The van der Waals surface area contributed by atoms with E-state index in [4.69, 9.17) is 0 Å². The van der Waals surface area contributed by atoms with Gasteiger partial charge < -0.3 is 9.47 Å². The monoisotopic (exact) mass is 774 g/mol. The summed E-state index contributed by atoms with van der Waals surface area (Å²) in [6, 6.07) is 85.1. The van der Waals surface area contributed by atoms with Gasteiger partial charge in [0.2, 0.25) is 0 Å². The van der Waals surface area contributed by atoms with Crippen LogP contribution in [0.2, 0.25) is 0 Å². The molecule has 0 fully saturated rings. The highest BCUT2D eigenvalue weighted by Gasteiger charge is 2.50. The maximum Gasteiger partial charge on any atom is 0.0726 e. The molecular weight excluding hydrogens is 737 g/mol. The van der Waals surface area contributed by atoms with E-state index in [2.05, 4.69) is 240 Å². The summed E-state index contributed by atoms with van der Waals surface area (Å²) < 4.78 is 2.51. The Morgan fingerprint density at radius 2 is 0.852 bits per heavy atom. The summed E-state index contributed by atoms with van der Waals surface area (Å²) in [5.74, 6) is 0. The average Bonchev–Trinajstić information content (AvgIpc) is 3.83. The van der Waals surface area contributed by atoms with E-state index in [9.17, 15) is 0 Å². The van der Waals surface area contributed by atoms with Crippen molar-refractivity contribution < 1.29 is 0 Å². The van der Waals surface area contributed by atoms with E-state index in [1.54, 1.807) is 0 Å². The van der Waals surface area contributed by atoms with Crippen LogP contribution in [0.4, 0.5) is 17.1 Å². The third-order valence-corrected chi connectivity index (χ3v) is 13.4. The summed E-state index contributed by atoms with van der Waals surface area (Å²) in [7, 11) is 0. The summed E-state index contributed by atoms with van der Waals surface area (Å²) >= 11 is 0. The number of anilines is 3. The zero-order valence-corrected chi connectivity index (χ0v) is 33.3. The quantitative estimate of drug-likeness (QED) is 0.163. The van der Waals surface area contributed by atoms with Gasteiger partial charge in [0.05, 0.1) is 16.4 Å². The molecule has 1 spiro atoms. The molecule has 0 bridgehead atoms. The van der Waals surface area contributed by atoms with Crippen molar-refractivity contribution in [2.75, 3.05) is 4.90 Å². The predicted molar refractivity (Wildman–Crippen MR) is 255 cm³/mol. The lowest BCUT2D eigenvalue weighted by molar-refractivity contribution is 0.783. The molecule has 0 radical (unpaired) electrons. The van der Waals surface area contributed by atoms with Crippen molar-refractivity contribution in [3.63, 3.8) is 0 Å². The molecule has 2 aliphatic carbocycles. The Bertz CT molecular complexity index is 3420. The first-order valence-electron chi connectivity index (χ1n) is 21.2. The molecule has 2 heteroatoms. The van der Waals surface area contributed by atoms with Crippen LogP contribution in [0.1, 0.15) is 22.3 Å². The first kappa shape index (κ1) is 34.0. The highest BCUT2D eigenvalue weighted by Crippen LogP contribution is 2.62. The largest absolute Gasteiger partial charge is 0.311 e. The standard InChI is InChI=1S/C59H38N2/c1-4-16-39(17-5-1)41-18-14-23-45(38-41)61-54-29-15-28-52-57(54)58-55(61)37-35-49-46(40-30-32-44(33-31-40)60(42-19-6-2-7-20-42)43-21-8-3-9-22-43)34-36-53(56(49)58)59(52)50-26-12-10-24-47(50)48-25-11-13-27-51(48)59/h1-38H. The van der Waals surface area contributed by atoms with Crippen molar-refractivity contribution >= 4 is 49.6 Å². The molecule has 0 unspecified atom stereocenters. The summed E-state index contributed by atoms with van der Waals surface area (Å²) in [4.78, 5) is 2.33. The lowest BCUT2D eigenvalue weighted by Crippen LogP contribution is -2.30. The topological polar surface area (TPSA) is 8.17 Å². The van der Waals surface area contributed by atoms with E-state index in [1.165, 1.54) is 88.2 Å². The highest BCUT2D eigenvalue weighted by atomic mass is 15.1. The molecule has 10 aromatic carbocycles. The number of hydrogen-bond acceptors (Lipinski definition) is 1. The summed E-state index contributed by atoms with van der Waals surface area (Å²) in [5.41, 5.74) is 19.4. The number of fused-ring (bicyclic) bond motifs is 7. The normalized spacial score (nSPS) is 13.0. The van der Waals surface area contributed by atoms with E-state index < -0.39 is 5.41 Å². The van der Waals surface area contributed by atoms with Gasteiger partial charge in [0, 0.05) is 33.5 Å². The van der Waals surface area contributed by atoms with Crippen molar-refractivity contribution in [3.05, 3.63) is 253 Å². The molecule has 0 aliphatic heterocycles. The van der Waals surface area contributed by atoms with Crippen molar-refractivity contribution in [1.29, 1.82) is 0 Å². The molecule has 1 aromatic heterocycles. The van der Waals surface area contributed by atoms with Crippen LogP contribution < -0.4 is 4.90 Å². The second kappa shape index (κ2) is 13.0. The van der Waals surface area contributed by atoms with Crippen LogP contribution in [0.3, 0.4) is 0 Å². The Hall–Kier alpha value is -7.94. The van der Waals surface area contributed by atoms with Gasteiger partial charge in [-0.1, -0.05) is 170 Å². The zero-order chi connectivity index (χ0) is 40.1. The fourth-order valence-electron chi connectivity index (χ4n) is 11.0. The van der Waals surface area contributed by atoms with Crippen molar-refractivity contribution in [1.82, 2.24) is 4.57 Å². The minimum atomic E-state index is -0.488. The molecule has 2 nitrogen and oxygen atoms in total. The molecule has 0 saturated carbocycles. The summed E-state index contributed by atoms with van der Waals surface area (Å²) in [6.07, 6.45) is 0. The third kappa shape index (κ3) is 4.73. The van der Waals surface area contributed by atoms with Gasteiger partial charge in [-0.05, 0) is 127 Å². The van der Waals surface area contributed by atoms with Gasteiger partial charge in [-0.2, -0.15) is 0 Å². The number of rotatable bonds is 6. The minimum Gasteiger partial charge on any atom is -0.311 e. The minimum absolute atomic E-state index is 0.488. The number of hydrogen-bond donors (Lipinski definition) is 0. The van der Waals surface area contributed by atoms with Crippen molar-refractivity contribution in [2.45, 2.75) is 5.41 Å². The van der Waals surface area contributed by atoms with Crippen molar-refractivity contribution in [2.24, 2.45) is 0 Å². The van der Waals surface area contributed by atoms with Crippen LogP contribution in [0, 0.1) is 0 Å². The molecule has 1 heterocycles. The molecule has 2 aliphatic rings. The van der Waals surface area contributed by atoms with Crippen LogP contribution in [0.25, 0.3) is 71.6 Å². The number of benzene rings is 10. The van der Waals surface area contributed by atoms with Gasteiger partial charge in [0.15, 0.2) is 0 Å².